The lowest BCUT2D eigenvalue weighted by Gasteiger charge is -2.25. The van der Waals surface area contributed by atoms with Gasteiger partial charge in [-0.05, 0) is 12.5 Å². The summed E-state index contributed by atoms with van der Waals surface area (Å²) in [6.45, 7) is 2.24. The average molecular weight is 250 g/mol. The van der Waals surface area contributed by atoms with Crippen molar-refractivity contribution in [2.24, 2.45) is 0 Å². The van der Waals surface area contributed by atoms with Gasteiger partial charge in [-0.15, -0.1) is 0 Å². The van der Waals surface area contributed by atoms with Crippen molar-refractivity contribution in [2.45, 2.75) is 19.4 Å². The van der Waals surface area contributed by atoms with Crippen molar-refractivity contribution in [1.29, 1.82) is 0 Å². The van der Waals surface area contributed by atoms with Crippen molar-refractivity contribution in [3.05, 3.63) is 29.8 Å². The van der Waals surface area contributed by atoms with Crippen molar-refractivity contribution in [3.63, 3.8) is 0 Å². The topological polar surface area (TPSA) is 43.8 Å². The zero-order valence-electron chi connectivity index (χ0n) is 11.6. The highest BCUT2D eigenvalue weighted by Crippen LogP contribution is 2.27. The van der Waals surface area contributed by atoms with E-state index < -0.39 is 6.10 Å². The van der Waals surface area contributed by atoms with Gasteiger partial charge in [0.1, 0.15) is 0 Å². The van der Waals surface area contributed by atoms with Crippen LogP contribution in [0.3, 0.4) is 0 Å². The van der Waals surface area contributed by atoms with Crippen LogP contribution in [0, 0.1) is 0 Å². The van der Waals surface area contributed by atoms with E-state index in [9.17, 15) is 9.90 Å². The number of aliphatic hydroxyl groups is 1. The van der Waals surface area contributed by atoms with Crippen LogP contribution in [0.5, 0.6) is 0 Å². The minimum absolute atomic E-state index is 0.0401. The van der Waals surface area contributed by atoms with Gasteiger partial charge in [-0.1, -0.05) is 25.1 Å². The van der Waals surface area contributed by atoms with E-state index in [2.05, 4.69) is 0 Å². The largest absolute Gasteiger partial charge is 0.388 e. The molecule has 0 saturated carbocycles. The Kier molecular flexibility index (Phi) is 5.16. The molecule has 1 rings (SSSR count). The monoisotopic (exact) mass is 250 g/mol. The van der Waals surface area contributed by atoms with Crippen LogP contribution in [-0.4, -0.2) is 43.6 Å². The standard InChI is InChI=1S/C14H22N2O2/c1-5-13(17)11-8-6-7-9-12(11)16(4)10-14(18)15(2)3/h6-9,13,17H,5,10H2,1-4H3/t13-/m1/s1. The molecule has 4 nitrogen and oxygen atoms in total. The van der Waals surface area contributed by atoms with Crippen molar-refractivity contribution in [2.75, 3.05) is 32.6 Å². The lowest BCUT2D eigenvalue weighted by molar-refractivity contribution is -0.127. The molecule has 1 amide bonds. The Morgan fingerprint density at radius 3 is 2.44 bits per heavy atom. The number of rotatable bonds is 5. The Labute approximate surface area is 109 Å². The molecule has 18 heavy (non-hydrogen) atoms. The van der Waals surface area contributed by atoms with Gasteiger partial charge in [0.15, 0.2) is 0 Å². The van der Waals surface area contributed by atoms with Crippen LogP contribution in [0.15, 0.2) is 24.3 Å². The number of aliphatic hydroxyl groups excluding tert-OH is 1. The summed E-state index contributed by atoms with van der Waals surface area (Å²) < 4.78 is 0. The average Bonchev–Trinajstić information content (AvgIpc) is 2.37. The van der Waals surface area contributed by atoms with E-state index in [1.54, 1.807) is 19.0 Å². The third-order valence-electron chi connectivity index (χ3n) is 2.96. The van der Waals surface area contributed by atoms with E-state index in [4.69, 9.17) is 0 Å². The Morgan fingerprint density at radius 1 is 1.28 bits per heavy atom. The first-order valence-corrected chi connectivity index (χ1v) is 6.15. The van der Waals surface area contributed by atoms with E-state index in [0.717, 1.165) is 11.3 Å². The molecule has 0 radical (unpaired) electrons. The van der Waals surface area contributed by atoms with E-state index in [1.165, 1.54) is 0 Å². The summed E-state index contributed by atoms with van der Waals surface area (Å²) in [5.74, 6) is 0.0401. The SMILES string of the molecule is CC[C@@H](O)c1ccccc1N(C)CC(=O)N(C)C. The minimum Gasteiger partial charge on any atom is -0.388 e. The van der Waals surface area contributed by atoms with E-state index in [0.29, 0.717) is 13.0 Å². The molecule has 4 heteroatoms. The normalized spacial score (nSPS) is 12.1. The summed E-state index contributed by atoms with van der Waals surface area (Å²) in [4.78, 5) is 15.1. The number of benzene rings is 1. The molecule has 0 spiro atoms. The number of nitrogens with zero attached hydrogens (tertiary/aromatic N) is 2. The number of likely N-dealkylation sites (N-methyl/N-ethyl adjacent to an activating group) is 2. The highest BCUT2D eigenvalue weighted by Gasteiger charge is 2.15. The molecule has 1 aromatic carbocycles. The van der Waals surface area contributed by atoms with Gasteiger partial charge in [-0.3, -0.25) is 4.79 Å². The number of para-hydroxylation sites is 1. The van der Waals surface area contributed by atoms with Gasteiger partial charge in [0.2, 0.25) is 5.91 Å². The summed E-state index contributed by atoms with van der Waals surface area (Å²) >= 11 is 0. The lowest BCUT2D eigenvalue weighted by Crippen LogP contribution is -2.34. The van der Waals surface area contributed by atoms with Gasteiger partial charge in [-0.25, -0.2) is 0 Å². The number of amides is 1. The maximum atomic E-state index is 11.7. The van der Waals surface area contributed by atoms with Crippen LogP contribution < -0.4 is 4.90 Å². The van der Waals surface area contributed by atoms with E-state index >= 15 is 0 Å². The Bertz CT molecular complexity index is 405. The molecule has 100 valence electrons. The molecule has 0 aromatic heterocycles. The second-order valence-electron chi connectivity index (χ2n) is 4.63. The molecule has 0 bridgehead atoms. The molecule has 1 aromatic rings. The van der Waals surface area contributed by atoms with Gasteiger partial charge < -0.3 is 14.9 Å². The first kappa shape index (κ1) is 14.5. The molecular formula is C14H22N2O2. The van der Waals surface area contributed by atoms with Crippen LogP contribution in [0.25, 0.3) is 0 Å². The number of carbonyl (C=O) groups is 1. The summed E-state index contributed by atoms with van der Waals surface area (Å²) in [5.41, 5.74) is 1.77. The molecule has 0 aliphatic rings. The van der Waals surface area contributed by atoms with Crippen LogP contribution in [0.4, 0.5) is 5.69 Å². The quantitative estimate of drug-likeness (QED) is 0.864. The third-order valence-corrected chi connectivity index (χ3v) is 2.96. The van der Waals surface area contributed by atoms with Crippen LogP contribution >= 0.6 is 0 Å². The summed E-state index contributed by atoms with van der Waals surface area (Å²) in [5, 5.41) is 9.98. The molecule has 0 aliphatic heterocycles. The fourth-order valence-electron chi connectivity index (χ4n) is 1.77. The fraction of sp³-hybridized carbons (Fsp3) is 0.500. The van der Waals surface area contributed by atoms with E-state index in [-0.39, 0.29) is 5.91 Å². The molecule has 1 atom stereocenters. The van der Waals surface area contributed by atoms with E-state index in [1.807, 2.05) is 43.1 Å². The predicted octanol–water partition coefficient (Wildman–Crippen LogP) is 1.65. The smallest absolute Gasteiger partial charge is 0.241 e. The lowest BCUT2D eigenvalue weighted by atomic mass is 10.0. The Hall–Kier alpha value is -1.55. The molecule has 1 N–H and O–H groups in total. The first-order chi connectivity index (χ1) is 8.47. The Balaban J connectivity index is 2.91. The highest BCUT2D eigenvalue weighted by molar-refractivity contribution is 5.81. The van der Waals surface area contributed by atoms with Crippen molar-refractivity contribution in [3.8, 4) is 0 Å². The fourth-order valence-corrected chi connectivity index (χ4v) is 1.77. The maximum absolute atomic E-state index is 11.7. The van der Waals surface area contributed by atoms with Crippen molar-refractivity contribution < 1.29 is 9.90 Å². The number of anilines is 1. The van der Waals surface area contributed by atoms with Crippen LogP contribution in [0.1, 0.15) is 25.0 Å². The van der Waals surface area contributed by atoms with Crippen LogP contribution in [-0.2, 0) is 4.79 Å². The number of carbonyl (C=O) groups excluding carboxylic acids is 1. The maximum Gasteiger partial charge on any atom is 0.241 e. The first-order valence-electron chi connectivity index (χ1n) is 6.15. The molecule has 0 unspecified atom stereocenters. The van der Waals surface area contributed by atoms with Crippen molar-refractivity contribution >= 4 is 11.6 Å². The van der Waals surface area contributed by atoms with Crippen LogP contribution in [0.2, 0.25) is 0 Å². The third kappa shape index (κ3) is 3.47. The summed E-state index contributed by atoms with van der Waals surface area (Å²) in [6.07, 6.45) is 0.171. The van der Waals surface area contributed by atoms with Crippen molar-refractivity contribution in [1.82, 2.24) is 4.90 Å². The minimum atomic E-state index is -0.488. The van der Waals surface area contributed by atoms with Gasteiger partial charge in [0.25, 0.3) is 0 Å². The summed E-state index contributed by atoms with van der Waals surface area (Å²) in [6, 6.07) is 7.65. The summed E-state index contributed by atoms with van der Waals surface area (Å²) in [7, 11) is 5.34. The zero-order valence-corrected chi connectivity index (χ0v) is 11.6. The number of hydrogen-bond acceptors (Lipinski definition) is 3. The molecule has 0 heterocycles. The second kappa shape index (κ2) is 6.40. The zero-order chi connectivity index (χ0) is 13.7. The van der Waals surface area contributed by atoms with Gasteiger partial charge in [-0.2, -0.15) is 0 Å². The molecule has 0 saturated heterocycles. The Morgan fingerprint density at radius 2 is 1.89 bits per heavy atom. The molecule has 0 fully saturated rings. The molecular weight excluding hydrogens is 228 g/mol. The second-order valence-corrected chi connectivity index (χ2v) is 4.63. The highest BCUT2D eigenvalue weighted by atomic mass is 16.3. The van der Waals surface area contributed by atoms with Gasteiger partial charge >= 0.3 is 0 Å². The number of hydrogen-bond donors (Lipinski definition) is 1. The predicted molar refractivity (Wildman–Crippen MR) is 73.7 cm³/mol. The van der Waals surface area contributed by atoms with Gasteiger partial charge in [0, 0.05) is 32.4 Å². The van der Waals surface area contributed by atoms with Gasteiger partial charge in [0.05, 0.1) is 12.6 Å². The molecule has 0 aliphatic carbocycles.